The van der Waals surface area contributed by atoms with Gasteiger partial charge in [-0.15, -0.1) is 0 Å². The van der Waals surface area contributed by atoms with Crippen LogP contribution in [-0.4, -0.2) is 18.8 Å². The summed E-state index contributed by atoms with van der Waals surface area (Å²) in [5, 5.41) is 5.54. The average Bonchev–Trinajstić information content (AvgIpc) is 2.25. The molecule has 15 heavy (non-hydrogen) atoms. The van der Waals surface area contributed by atoms with Crippen molar-refractivity contribution in [2.75, 3.05) is 0 Å². The zero-order valence-electron chi connectivity index (χ0n) is 9.64. The lowest BCUT2D eigenvalue weighted by Gasteiger charge is -2.14. The maximum absolute atomic E-state index is 11.2. The van der Waals surface area contributed by atoms with E-state index in [-0.39, 0.29) is 18.8 Å². The molecular weight excluding hydrogens is 191 g/mol. The molecule has 0 aliphatic rings. The van der Waals surface area contributed by atoms with Crippen LogP contribution < -0.4 is 10.5 Å². The van der Waals surface area contributed by atoms with E-state index in [0.29, 0.717) is 12.8 Å². The van der Waals surface area contributed by atoms with Gasteiger partial charge in [0.1, 0.15) is 0 Å². The van der Waals surface area contributed by atoms with Gasteiger partial charge in [0.15, 0.2) is 0 Å². The third kappa shape index (κ3) is 7.00. The van der Waals surface area contributed by atoms with Crippen molar-refractivity contribution in [3.05, 3.63) is 6.92 Å². The molecule has 0 atom stereocenters. The minimum absolute atomic E-state index is 0.0412. The molecule has 0 aromatic rings. The van der Waals surface area contributed by atoms with Crippen molar-refractivity contribution in [1.82, 2.24) is 10.5 Å². The van der Waals surface area contributed by atoms with Gasteiger partial charge in [0, 0.05) is 12.8 Å². The van der Waals surface area contributed by atoms with Gasteiger partial charge in [0.25, 0.3) is 0 Å². The van der Waals surface area contributed by atoms with Crippen LogP contribution >= 0.6 is 0 Å². The predicted octanol–water partition coefficient (Wildman–Crippen LogP) is 1.14. The minimum Gasteiger partial charge on any atom is -0.380 e. The Morgan fingerprint density at radius 1 is 1.13 bits per heavy atom. The Labute approximate surface area is 92.3 Å². The monoisotopic (exact) mass is 211 g/mol. The fraction of sp³-hybridized carbons (Fsp3) is 0.700. The summed E-state index contributed by atoms with van der Waals surface area (Å²) < 4.78 is 0. The second-order valence-electron chi connectivity index (χ2n) is 3.39. The Balaban J connectivity index is 4.05. The van der Waals surface area contributed by atoms with Crippen LogP contribution in [0.1, 0.15) is 39.5 Å². The molecule has 0 rings (SSSR count). The molecule has 0 fully saturated rings. The Bertz CT molecular complexity index is 192. The average molecular weight is 211 g/mol. The van der Waals surface area contributed by atoms with E-state index in [1.807, 2.05) is 0 Å². The second-order valence-corrected chi connectivity index (χ2v) is 3.39. The van der Waals surface area contributed by atoms with Crippen molar-refractivity contribution in [3.63, 3.8) is 0 Å². The predicted molar refractivity (Wildman–Crippen MR) is 62.0 cm³/mol. The van der Waals surface area contributed by atoms with Crippen molar-refractivity contribution >= 4 is 18.8 Å². The molecule has 0 aromatic carbocycles. The largest absolute Gasteiger partial charge is 0.380 e. The fourth-order valence-corrected chi connectivity index (χ4v) is 1.12. The Morgan fingerprint density at radius 2 is 1.60 bits per heavy atom. The lowest BCUT2D eigenvalue weighted by molar-refractivity contribution is -0.119. The summed E-state index contributed by atoms with van der Waals surface area (Å²) in [6.07, 6.45) is 3.30. The topological polar surface area (TPSA) is 58.2 Å². The highest BCUT2D eigenvalue weighted by Crippen LogP contribution is 1.97. The highest BCUT2D eigenvalue weighted by Gasteiger charge is 2.18. The van der Waals surface area contributed by atoms with Crippen molar-refractivity contribution in [2.45, 2.75) is 45.9 Å². The van der Waals surface area contributed by atoms with Gasteiger partial charge in [-0.25, -0.2) is 0 Å². The van der Waals surface area contributed by atoms with Crippen molar-refractivity contribution < 1.29 is 9.59 Å². The van der Waals surface area contributed by atoms with Gasteiger partial charge < -0.3 is 10.5 Å². The third-order valence-corrected chi connectivity index (χ3v) is 2.06. The molecule has 4 nitrogen and oxygen atoms in total. The van der Waals surface area contributed by atoms with Gasteiger partial charge in [0.2, 0.25) is 11.8 Å². The zero-order chi connectivity index (χ0) is 11.7. The van der Waals surface area contributed by atoms with Gasteiger partial charge in [-0.3, -0.25) is 9.59 Å². The standard InChI is InChI=1S/C10H20BN2O2/c1-4-7-8-11(12-9(14)5-2)13-10(15)6-3/h1,4-8H2,2-3H3,(H,12,14)(H,13,15). The molecule has 0 bridgehead atoms. The highest BCUT2D eigenvalue weighted by atomic mass is 16.2. The summed E-state index contributed by atoms with van der Waals surface area (Å²) >= 11 is 0. The molecule has 2 amide bonds. The number of unbranched alkanes of at least 4 members (excludes halogenated alkanes) is 1. The van der Waals surface area contributed by atoms with Crippen LogP contribution in [-0.2, 0) is 9.59 Å². The lowest BCUT2D eigenvalue weighted by atomic mass is 9.70. The van der Waals surface area contributed by atoms with Crippen LogP contribution in [0.15, 0.2) is 0 Å². The number of carbonyl (C=O) groups is 2. The van der Waals surface area contributed by atoms with E-state index < -0.39 is 0 Å². The molecule has 2 N–H and O–H groups in total. The van der Waals surface area contributed by atoms with E-state index in [4.69, 9.17) is 0 Å². The normalized spacial score (nSPS) is 9.53. The molecule has 0 unspecified atom stereocenters. The second kappa shape index (κ2) is 8.32. The maximum atomic E-state index is 11.2. The molecule has 0 aromatic heterocycles. The van der Waals surface area contributed by atoms with Gasteiger partial charge >= 0.3 is 6.98 Å². The molecule has 0 saturated carbocycles. The molecule has 0 saturated heterocycles. The number of hydrogen-bond donors (Lipinski definition) is 2. The summed E-state index contributed by atoms with van der Waals surface area (Å²) in [5.74, 6) is -0.0825. The van der Waals surface area contributed by atoms with E-state index >= 15 is 0 Å². The first-order valence-electron chi connectivity index (χ1n) is 5.52. The van der Waals surface area contributed by atoms with Gasteiger partial charge in [0.05, 0.1) is 0 Å². The number of carbonyl (C=O) groups excluding carboxylic acids is 2. The van der Waals surface area contributed by atoms with Crippen LogP contribution in [0, 0.1) is 6.92 Å². The van der Waals surface area contributed by atoms with Crippen LogP contribution in [0.2, 0.25) is 6.32 Å². The third-order valence-electron chi connectivity index (χ3n) is 2.06. The minimum atomic E-state index is -0.244. The quantitative estimate of drug-likeness (QED) is 0.620. The van der Waals surface area contributed by atoms with Crippen LogP contribution in [0.4, 0.5) is 0 Å². The van der Waals surface area contributed by atoms with E-state index in [1.165, 1.54) is 0 Å². The highest BCUT2D eigenvalue weighted by molar-refractivity contribution is 6.59. The van der Waals surface area contributed by atoms with E-state index in [1.54, 1.807) is 13.8 Å². The van der Waals surface area contributed by atoms with Gasteiger partial charge in [-0.05, 0) is 6.32 Å². The maximum Gasteiger partial charge on any atom is 0.374 e. The molecule has 5 heteroatoms. The van der Waals surface area contributed by atoms with Crippen molar-refractivity contribution in [3.8, 4) is 0 Å². The first-order valence-corrected chi connectivity index (χ1v) is 5.52. The number of rotatable bonds is 7. The molecule has 0 heterocycles. The number of hydrogen-bond acceptors (Lipinski definition) is 2. The number of nitrogens with one attached hydrogen (secondary N) is 2. The summed E-state index contributed by atoms with van der Waals surface area (Å²) in [5.41, 5.74) is 0. The molecule has 0 aliphatic heterocycles. The van der Waals surface area contributed by atoms with Crippen LogP contribution in [0.5, 0.6) is 0 Å². The van der Waals surface area contributed by atoms with Crippen LogP contribution in [0.25, 0.3) is 0 Å². The first-order chi connectivity index (χ1) is 7.13. The summed E-state index contributed by atoms with van der Waals surface area (Å²) in [6, 6.07) is 0. The van der Waals surface area contributed by atoms with Crippen molar-refractivity contribution in [2.24, 2.45) is 0 Å². The lowest BCUT2D eigenvalue weighted by Crippen LogP contribution is -2.52. The smallest absolute Gasteiger partial charge is 0.374 e. The van der Waals surface area contributed by atoms with Crippen molar-refractivity contribution in [1.29, 1.82) is 0 Å². The van der Waals surface area contributed by atoms with Crippen LogP contribution in [0.3, 0.4) is 0 Å². The fourth-order valence-electron chi connectivity index (χ4n) is 1.12. The molecular formula is C10H20BN2O2. The summed E-state index contributed by atoms with van der Waals surface area (Å²) in [6.45, 7) is 7.06. The molecule has 0 aliphatic carbocycles. The molecule has 1 radical (unpaired) electrons. The summed E-state index contributed by atoms with van der Waals surface area (Å²) in [7, 11) is 0. The molecule has 85 valence electrons. The van der Waals surface area contributed by atoms with Gasteiger partial charge in [-0.1, -0.05) is 33.6 Å². The zero-order valence-corrected chi connectivity index (χ0v) is 9.64. The first kappa shape index (κ1) is 14.0. The SMILES string of the molecule is [CH2]CCCB(NC(=O)CC)NC(=O)CC. The Hall–Kier alpha value is -0.995. The number of amides is 2. The van der Waals surface area contributed by atoms with Gasteiger partial charge in [-0.2, -0.15) is 0 Å². The van der Waals surface area contributed by atoms with E-state index in [2.05, 4.69) is 17.4 Å². The van der Waals surface area contributed by atoms with E-state index in [0.717, 1.165) is 19.2 Å². The molecule has 0 spiro atoms. The summed E-state index contributed by atoms with van der Waals surface area (Å²) in [4.78, 5) is 22.4. The Kier molecular flexibility index (Phi) is 7.77. The Morgan fingerprint density at radius 3 is 1.93 bits per heavy atom. The van der Waals surface area contributed by atoms with E-state index in [9.17, 15) is 9.59 Å².